The molecule has 9 heavy (non-hydrogen) atoms. The monoisotopic (exact) mass is 209 g/mol. The van der Waals surface area contributed by atoms with Gasteiger partial charge in [-0.15, -0.1) is 0 Å². The molecule has 0 aliphatic rings. The molecule has 0 saturated heterocycles. The Bertz CT molecular complexity index is 11.0. The van der Waals surface area contributed by atoms with Crippen LogP contribution in [0.3, 0.4) is 0 Å². The fraction of sp³-hybridized carbons (Fsp3) is 1.00. The second-order valence-corrected chi connectivity index (χ2v) is 0. The van der Waals surface area contributed by atoms with Crippen molar-refractivity contribution in [3.05, 3.63) is 0 Å². The normalized spacial score (nSPS) is 0. The van der Waals surface area contributed by atoms with Crippen molar-refractivity contribution in [2.45, 2.75) is 14.9 Å². The average molecular weight is 210 g/mol. The summed E-state index contributed by atoms with van der Waals surface area (Å²) in [4.78, 5) is 0. The third kappa shape index (κ3) is 2190. The summed E-state index contributed by atoms with van der Waals surface area (Å²) in [6.45, 7) is 0. The van der Waals surface area contributed by atoms with E-state index in [9.17, 15) is 0 Å². The van der Waals surface area contributed by atoms with Gasteiger partial charge in [-0.25, -0.2) is 0 Å². The molecule has 0 bridgehead atoms. The van der Waals surface area contributed by atoms with Gasteiger partial charge >= 0.3 is 19.8 Å². The van der Waals surface area contributed by atoms with Gasteiger partial charge in [-0.05, 0) is 0 Å². The first kappa shape index (κ1) is 4220. The van der Waals surface area contributed by atoms with E-state index >= 15 is 0 Å². The van der Waals surface area contributed by atoms with Gasteiger partial charge in [-0.1, -0.05) is 14.9 Å². The summed E-state index contributed by atoms with van der Waals surface area (Å²) in [6, 6.07) is 0. The zero-order valence-corrected chi connectivity index (χ0v) is 6.00. The molecule has 0 heterocycles. The maximum Gasteiger partial charge on any atom is 3.00 e. The van der Waals surface area contributed by atoms with Crippen LogP contribution in [0.1, 0.15) is 14.9 Å². The number of rotatable bonds is 0. The molecule has 0 aromatic heterocycles. The molecule has 0 radical (unpaired) electrons. The van der Waals surface area contributed by atoms with Crippen LogP contribution in [0.5, 0.6) is 0 Å². The summed E-state index contributed by atoms with van der Waals surface area (Å²) in [5.74, 6) is 0. The van der Waals surface area contributed by atoms with E-state index in [-0.39, 0.29) is 67.5 Å². The van der Waals surface area contributed by atoms with E-state index in [4.69, 9.17) is 0 Å². The van der Waals surface area contributed by atoms with Gasteiger partial charge in [0.15, 0.2) is 0 Å². The van der Waals surface area contributed by atoms with E-state index in [0.717, 1.165) is 0 Å². The van der Waals surface area contributed by atoms with Crippen LogP contribution in [0.15, 0.2) is 0 Å². The minimum absolute atomic E-state index is 0. The van der Waals surface area contributed by atoms with Gasteiger partial charge in [0.1, 0.15) is 0 Å². The zero-order valence-electron chi connectivity index (χ0n) is 3.58. The summed E-state index contributed by atoms with van der Waals surface area (Å²) in [5, 5.41) is 0. The molecule has 0 rings (SSSR count). The molecule has 0 unspecified atom stereocenters. The van der Waals surface area contributed by atoms with Crippen molar-refractivity contribution in [3.8, 4) is 0 Å². The topological polar surface area (TPSA) is 189 Å². The predicted octanol–water partition coefficient (Wildman–Crippen LogP) is -4.06. The van der Waals surface area contributed by atoms with E-state index in [1.807, 2.05) is 0 Å². The van der Waals surface area contributed by atoms with Crippen molar-refractivity contribution >= 4 is 19.8 Å². The standard InChI is InChI=1S/2CH4.Ga.6H2O/h2*1H4;;6*1H2/q;;+3;;;;;;. The Kier molecular flexibility index (Phi) is 1370000. The molecule has 0 aliphatic heterocycles. The molecule has 0 atom stereocenters. The first-order chi connectivity index (χ1) is 0. The second-order valence-electron chi connectivity index (χ2n) is 0. The van der Waals surface area contributed by atoms with E-state index in [1.54, 1.807) is 0 Å². The first-order valence-electron chi connectivity index (χ1n) is 0. The molecule has 0 spiro atoms. The smallest absolute Gasteiger partial charge is 0.412 e. The van der Waals surface area contributed by atoms with Crippen LogP contribution in [0, 0.1) is 0 Å². The van der Waals surface area contributed by atoms with Gasteiger partial charge in [-0.2, -0.15) is 0 Å². The molecule has 0 saturated carbocycles. The molecule has 0 aromatic carbocycles. The van der Waals surface area contributed by atoms with Crippen LogP contribution < -0.4 is 0 Å². The minimum Gasteiger partial charge on any atom is -0.412 e. The average Bonchev–Trinajstić information content (AvgIpc) is 0. The molecule has 0 amide bonds. The fourth-order valence-electron chi connectivity index (χ4n) is 0. The molecule has 12 N–H and O–H groups in total. The van der Waals surface area contributed by atoms with Crippen molar-refractivity contribution in [3.63, 3.8) is 0 Å². The van der Waals surface area contributed by atoms with Crippen molar-refractivity contribution in [1.82, 2.24) is 0 Å². The van der Waals surface area contributed by atoms with Crippen molar-refractivity contribution < 1.29 is 32.9 Å². The van der Waals surface area contributed by atoms with E-state index < -0.39 is 0 Å². The van der Waals surface area contributed by atoms with Crippen molar-refractivity contribution in [1.29, 1.82) is 0 Å². The van der Waals surface area contributed by atoms with Gasteiger partial charge in [0.25, 0.3) is 0 Å². The van der Waals surface area contributed by atoms with Crippen molar-refractivity contribution in [2.75, 3.05) is 0 Å². The van der Waals surface area contributed by atoms with E-state index in [1.165, 1.54) is 0 Å². The van der Waals surface area contributed by atoms with Crippen LogP contribution in [0.25, 0.3) is 0 Å². The number of hydrogen-bond acceptors (Lipinski definition) is 0. The Morgan fingerprint density at radius 3 is 0.333 bits per heavy atom. The van der Waals surface area contributed by atoms with E-state index in [2.05, 4.69) is 0 Å². The molecule has 64 valence electrons. The zero-order chi connectivity index (χ0) is 0. The molecule has 0 fully saturated rings. The predicted molar refractivity (Wildman–Crippen MR) is 40.9 cm³/mol. The Morgan fingerprint density at radius 1 is 0.333 bits per heavy atom. The molecule has 0 aliphatic carbocycles. The first-order valence-corrected chi connectivity index (χ1v) is 0. The summed E-state index contributed by atoms with van der Waals surface area (Å²) in [7, 11) is 0. The van der Waals surface area contributed by atoms with Crippen LogP contribution in [-0.2, 0) is 0 Å². The fourth-order valence-corrected chi connectivity index (χ4v) is 0. The maximum absolute atomic E-state index is 0. The Balaban J connectivity index is 0. The molecule has 0 aromatic rings. The van der Waals surface area contributed by atoms with Crippen LogP contribution in [-0.4, -0.2) is 52.6 Å². The molecular formula is C2H20GaO6+3. The van der Waals surface area contributed by atoms with Gasteiger partial charge in [-0.3, -0.25) is 0 Å². The van der Waals surface area contributed by atoms with Crippen molar-refractivity contribution in [2.24, 2.45) is 0 Å². The van der Waals surface area contributed by atoms with Crippen LogP contribution in [0.4, 0.5) is 0 Å². The summed E-state index contributed by atoms with van der Waals surface area (Å²) in [5.41, 5.74) is 0. The van der Waals surface area contributed by atoms with Crippen LogP contribution in [0.2, 0.25) is 0 Å². The summed E-state index contributed by atoms with van der Waals surface area (Å²) in [6.07, 6.45) is 0. The van der Waals surface area contributed by atoms with Crippen LogP contribution >= 0.6 is 0 Å². The van der Waals surface area contributed by atoms with E-state index in [0.29, 0.717) is 0 Å². The second kappa shape index (κ2) is 2920. The summed E-state index contributed by atoms with van der Waals surface area (Å²) < 4.78 is 0. The summed E-state index contributed by atoms with van der Waals surface area (Å²) >= 11 is 0. The third-order valence-corrected chi connectivity index (χ3v) is 0. The molecule has 7 heteroatoms. The quantitative estimate of drug-likeness (QED) is 0.351. The van der Waals surface area contributed by atoms with Gasteiger partial charge in [0.05, 0.1) is 0 Å². The Labute approximate surface area is 68.2 Å². The van der Waals surface area contributed by atoms with Gasteiger partial charge in [0, 0.05) is 0 Å². The maximum atomic E-state index is 0. The minimum atomic E-state index is 0. The Morgan fingerprint density at radius 2 is 0.333 bits per heavy atom. The SMILES string of the molecule is C.C.O.O.O.O.O.O.[Ga+3]. The third-order valence-electron chi connectivity index (χ3n) is 0. The van der Waals surface area contributed by atoms with Gasteiger partial charge < -0.3 is 32.9 Å². The molecule has 6 nitrogen and oxygen atoms in total. The largest absolute Gasteiger partial charge is 3.00 e. The Hall–Kier alpha value is 0.396. The van der Waals surface area contributed by atoms with Gasteiger partial charge in [0.2, 0.25) is 0 Å². The number of hydrogen-bond donors (Lipinski definition) is 0. The molecular weight excluding hydrogens is 190 g/mol.